The molecule has 0 unspecified atom stereocenters. The third-order valence-corrected chi connectivity index (χ3v) is 2.94. The average molecular weight is 292 g/mol. The SMILES string of the molecule is CCCNCc1cnc(Oc2cc(F)ccc2F)c(C)c1. The molecule has 1 aromatic carbocycles. The topological polar surface area (TPSA) is 34.2 Å². The summed E-state index contributed by atoms with van der Waals surface area (Å²) in [6, 6.07) is 5.00. The van der Waals surface area contributed by atoms with Gasteiger partial charge in [0.15, 0.2) is 11.6 Å². The quantitative estimate of drug-likeness (QED) is 0.818. The van der Waals surface area contributed by atoms with Crippen molar-refractivity contribution in [3.63, 3.8) is 0 Å². The molecule has 112 valence electrons. The van der Waals surface area contributed by atoms with E-state index in [-0.39, 0.29) is 11.6 Å². The van der Waals surface area contributed by atoms with Gasteiger partial charge in [0.1, 0.15) is 5.82 Å². The van der Waals surface area contributed by atoms with E-state index in [1.807, 2.05) is 13.0 Å². The van der Waals surface area contributed by atoms with Crippen LogP contribution in [0.5, 0.6) is 11.6 Å². The summed E-state index contributed by atoms with van der Waals surface area (Å²) in [6.07, 6.45) is 2.73. The number of halogens is 2. The summed E-state index contributed by atoms with van der Waals surface area (Å²) >= 11 is 0. The molecule has 0 saturated carbocycles. The first-order valence-electron chi connectivity index (χ1n) is 6.89. The van der Waals surface area contributed by atoms with Gasteiger partial charge >= 0.3 is 0 Å². The zero-order valence-corrected chi connectivity index (χ0v) is 12.1. The Hall–Kier alpha value is -2.01. The van der Waals surface area contributed by atoms with Crippen LogP contribution < -0.4 is 10.1 Å². The van der Waals surface area contributed by atoms with Crippen LogP contribution in [-0.4, -0.2) is 11.5 Å². The first-order valence-corrected chi connectivity index (χ1v) is 6.89. The Morgan fingerprint density at radius 1 is 1.24 bits per heavy atom. The molecule has 2 aromatic rings. The molecule has 1 aromatic heterocycles. The molecule has 0 amide bonds. The molecule has 0 aliphatic rings. The number of nitrogens with zero attached hydrogens (tertiary/aromatic N) is 1. The third kappa shape index (κ3) is 4.23. The van der Waals surface area contributed by atoms with E-state index in [0.29, 0.717) is 0 Å². The van der Waals surface area contributed by atoms with Crippen molar-refractivity contribution < 1.29 is 13.5 Å². The summed E-state index contributed by atoms with van der Waals surface area (Å²) in [5.41, 5.74) is 1.79. The average Bonchev–Trinajstić information content (AvgIpc) is 2.46. The zero-order valence-electron chi connectivity index (χ0n) is 12.1. The van der Waals surface area contributed by atoms with Gasteiger partial charge in [0.25, 0.3) is 0 Å². The smallest absolute Gasteiger partial charge is 0.222 e. The normalized spacial score (nSPS) is 10.7. The van der Waals surface area contributed by atoms with Crippen LogP contribution in [0.25, 0.3) is 0 Å². The van der Waals surface area contributed by atoms with Gasteiger partial charge in [-0.2, -0.15) is 0 Å². The first kappa shape index (κ1) is 15.4. The van der Waals surface area contributed by atoms with Crippen molar-refractivity contribution in [1.82, 2.24) is 10.3 Å². The fourth-order valence-corrected chi connectivity index (χ4v) is 1.89. The van der Waals surface area contributed by atoms with E-state index in [9.17, 15) is 8.78 Å². The first-order chi connectivity index (χ1) is 10.1. The fourth-order valence-electron chi connectivity index (χ4n) is 1.89. The molecule has 0 radical (unpaired) electrons. The van der Waals surface area contributed by atoms with E-state index in [1.165, 1.54) is 0 Å². The zero-order chi connectivity index (χ0) is 15.2. The van der Waals surface area contributed by atoms with Crippen LogP contribution in [0.3, 0.4) is 0 Å². The summed E-state index contributed by atoms with van der Waals surface area (Å²) in [5.74, 6) is -1.06. The number of benzene rings is 1. The number of nitrogens with one attached hydrogen (secondary N) is 1. The standard InChI is InChI=1S/C16H18F2N2O/c1-3-6-19-9-12-7-11(2)16(20-10-12)21-15-8-13(17)4-5-14(15)18/h4-5,7-8,10,19H,3,6,9H2,1-2H3. The number of pyridine rings is 1. The highest BCUT2D eigenvalue weighted by molar-refractivity contribution is 5.34. The summed E-state index contributed by atoms with van der Waals surface area (Å²) in [6.45, 7) is 5.58. The largest absolute Gasteiger partial charge is 0.436 e. The van der Waals surface area contributed by atoms with Crippen LogP contribution >= 0.6 is 0 Å². The van der Waals surface area contributed by atoms with Crippen LogP contribution in [-0.2, 0) is 6.54 Å². The summed E-state index contributed by atoms with van der Waals surface area (Å²) in [5, 5.41) is 3.27. The van der Waals surface area contributed by atoms with E-state index >= 15 is 0 Å². The molecule has 0 aliphatic heterocycles. The van der Waals surface area contributed by atoms with E-state index in [0.717, 1.165) is 48.8 Å². The van der Waals surface area contributed by atoms with Crippen LogP contribution in [0.15, 0.2) is 30.5 Å². The Kier molecular flexibility index (Phi) is 5.22. The minimum Gasteiger partial charge on any atom is -0.436 e. The Labute approximate surface area is 123 Å². The number of hydrogen-bond acceptors (Lipinski definition) is 3. The maximum absolute atomic E-state index is 13.5. The van der Waals surface area contributed by atoms with Gasteiger partial charge in [-0.3, -0.25) is 0 Å². The number of hydrogen-bond donors (Lipinski definition) is 1. The van der Waals surface area contributed by atoms with Crippen LogP contribution in [0, 0.1) is 18.6 Å². The van der Waals surface area contributed by atoms with E-state index in [4.69, 9.17) is 4.74 Å². The van der Waals surface area contributed by atoms with Gasteiger partial charge < -0.3 is 10.1 Å². The van der Waals surface area contributed by atoms with E-state index < -0.39 is 11.6 Å². The monoisotopic (exact) mass is 292 g/mol. The van der Waals surface area contributed by atoms with Gasteiger partial charge in [0.2, 0.25) is 5.88 Å². The Morgan fingerprint density at radius 2 is 2.05 bits per heavy atom. The molecular weight excluding hydrogens is 274 g/mol. The van der Waals surface area contributed by atoms with Crippen molar-refractivity contribution in [3.8, 4) is 11.6 Å². The molecule has 0 spiro atoms. The van der Waals surface area contributed by atoms with Crippen LogP contribution in [0.1, 0.15) is 24.5 Å². The molecule has 0 bridgehead atoms. The molecule has 0 aliphatic carbocycles. The molecule has 5 heteroatoms. The minimum atomic E-state index is -0.619. The van der Waals surface area contributed by atoms with Gasteiger partial charge in [-0.05, 0) is 43.7 Å². The lowest BCUT2D eigenvalue weighted by Gasteiger charge is -2.10. The van der Waals surface area contributed by atoms with Crippen molar-refractivity contribution in [1.29, 1.82) is 0 Å². The molecule has 0 atom stereocenters. The van der Waals surface area contributed by atoms with Crippen molar-refractivity contribution in [3.05, 3.63) is 53.2 Å². The molecular formula is C16H18F2N2O. The molecule has 2 rings (SSSR count). The number of ether oxygens (including phenoxy) is 1. The third-order valence-electron chi connectivity index (χ3n) is 2.94. The van der Waals surface area contributed by atoms with Crippen molar-refractivity contribution in [2.45, 2.75) is 26.8 Å². The summed E-state index contributed by atoms with van der Waals surface area (Å²) in [7, 11) is 0. The maximum atomic E-state index is 13.5. The number of aromatic nitrogens is 1. The maximum Gasteiger partial charge on any atom is 0.222 e. The van der Waals surface area contributed by atoms with Gasteiger partial charge in [0, 0.05) is 24.4 Å². The lowest BCUT2D eigenvalue weighted by atomic mass is 10.2. The lowest BCUT2D eigenvalue weighted by molar-refractivity contribution is 0.419. The highest BCUT2D eigenvalue weighted by Gasteiger charge is 2.09. The fraction of sp³-hybridized carbons (Fsp3) is 0.312. The van der Waals surface area contributed by atoms with E-state index in [2.05, 4.69) is 17.2 Å². The summed E-state index contributed by atoms with van der Waals surface area (Å²) in [4.78, 5) is 4.17. The lowest BCUT2D eigenvalue weighted by Crippen LogP contribution is -2.14. The van der Waals surface area contributed by atoms with Gasteiger partial charge in [0.05, 0.1) is 0 Å². The molecule has 1 heterocycles. The molecule has 21 heavy (non-hydrogen) atoms. The van der Waals surface area contributed by atoms with Crippen molar-refractivity contribution in [2.24, 2.45) is 0 Å². The Morgan fingerprint density at radius 3 is 2.76 bits per heavy atom. The van der Waals surface area contributed by atoms with Gasteiger partial charge in [-0.15, -0.1) is 0 Å². The molecule has 0 fully saturated rings. The molecule has 0 saturated heterocycles. The molecule has 1 N–H and O–H groups in total. The predicted octanol–water partition coefficient (Wildman–Crippen LogP) is 3.96. The van der Waals surface area contributed by atoms with Crippen LogP contribution in [0.2, 0.25) is 0 Å². The Balaban J connectivity index is 2.12. The van der Waals surface area contributed by atoms with Crippen LogP contribution in [0.4, 0.5) is 8.78 Å². The number of rotatable bonds is 6. The van der Waals surface area contributed by atoms with Crippen molar-refractivity contribution in [2.75, 3.05) is 6.54 Å². The highest BCUT2D eigenvalue weighted by atomic mass is 19.1. The van der Waals surface area contributed by atoms with Gasteiger partial charge in [-0.1, -0.05) is 6.92 Å². The highest BCUT2D eigenvalue weighted by Crippen LogP contribution is 2.26. The number of aryl methyl sites for hydroxylation is 1. The minimum absolute atomic E-state index is 0.164. The Bertz CT molecular complexity index is 617. The summed E-state index contributed by atoms with van der Waals surface area (Å²) < 4.78 is 32.0. The molecule has 3 nitrogen and oxygen atoms in total. The second-order valence-corrected chi connectivity index (χ2v) is 4.82. The van der Waals surface area contributed by atoms with Gasteiger partial charge in [-0.25, -0.2) is 13.8 Å². The van der Waals surface area contributed by atoms with Crippen molar-refractivity contribution >= 4 is 0 Å². The second kappa shape index (κ2) is 7.13. The predicted molar refractivity (Wildman–Crippen MR) is 77.4 cm³/mol. The van der Waals surface area contributed by atoms with E-state index in [1.54, 1.807) is 6.20 Å². The second-order valence-electron chi connectivity index (χ2n) is 4.82.